The van der Waals surface area contributed by atoms with Crippen molar-refractivity contribution in [2.75, 3.05) is 33.9 Å². The molecular formula is C24H26N4O3. The second-order valence-corrected chi connectivity index (χ2v) is 7.50. The van der Waals surface area contributed by atoms with Crippen molar-refractivity contribution in [2.45, 2.75) is 13.0 Å². The topological polar surface area (TPSA) is 76.6 Å². The van der Waals surface area contributed by atoms with Gasteiger partial charge in [-0.15, -0.1) is 10.2 Å². The number of ether oxygens (including phenoxy) is 2. The summed E-state index contributed by atoms with van der Waals surface area (Å²) >= 11 is 0. The van der Waals surface area contributed by atoms with Crippen molar-refractivity contribution < 1.29 is 14.3 Å². The van der Waals surface area contributed by atoms with Crippen LogP contribution in [0.4, 0.5) is 0 Å². The van der Waals surface area contributed by atoms with Crippen molar-refractivity contribution in [3.05, 3.63) is 60.3 Å². The molecule has 1 aliphatic rings. The number of carbonyl (C=O) groups excluding carboxylic acids is 1. The molecule has 0 spiro atoms. The third kappa shape index (κ3) is 4.36. The predicted octanol–water partition coefficient (Wildman–Crippen LogP) is 3.26. The zero-order valence-corrected chi connectivity index (χ0v) is 18.0. The third-order valence-corrected chi connectivity index (χ3v) is 5.54. The fourth-order valence-electron chi connectivity index (χ4n) is 3.74. The Morgan fingerprint density at radius 3 is 2.16 bits per heavy atom. The van der Waals surface area contributed by atoms with Crippen LogP contribution in [-0.4, -0.2) is 60.9 Å². The molecule has 31 heavy (non-hydrogen) atoms. The smallest absolute Gasteiger partial charge is 0.274 e. The third-order valence-electron chi connectivity index (χ3n) is 5.54. The summed E-state index contributed by atoms with van der Waals surface area (Å²) < 4.78 is 10.6. The Hall–Kier alpha value is -3.45. The first-order chi connectivity index (χ1) is 15.1. The van der Waals surface area contributed by atoms with Crippen molar-refractivity contribution in [3.63, 3.8) is 0 Å². The van der Waals surface area contributed by atoms with Gasteiger partial charge in [-0.25, -0.2) is 0 Å². The maximum Gasteiger partial charge on any atom is 0.274 e. The highest BCUT2D eigenvalue weighted by Crippen LogP contribution is 2.32. The minimum absolute atomic E-state index is 0.0995. The molecule has 3 aromatic rings. The van der Waals surface area contributed by atoms with Crippen LogP contribution in [0.2, 0.25) is 0 Å². The van der Waals surface area contributed by atoms with Gasteiger partial charge in [0.1, 0.15) is 17.2 Å². The van der Waals surface area contributed by atoms with Gasteiger partial charge in [0.15, 0.2) is 5.69 Å². The van der Waals surface area contributed by atoms with Crippen molar-refractivity contribution in [1.29, 1.82) is 0 Å². The first-order valence-corrected chi connectivity index (χ1v) is 10.3. The molecule has 0 saturated carbocycles. The van der Waals surface area contributed by atoms with E-state index in [2.05, 4.69) is 15.5 Å². The number of nitrogens with one attached hydrogen (secondary N) is 1. The molecule has 1 N–H and O–H groups in total. The Bertz CT molecular complexity index is 1050. The van der Waals surface area contributed by atoms with E-state index in [-0.39, 0.29) is 11.9 Å². The molecule has 2 aromatic carbocycles. The molecule has 1 fully saturated rings. The summed E-state index contributed by atoms with van der Waals surface area (Å²) in [5.41, 5.74) is 3.72. The number of hydrogen-bond donors (Lipinski definition) is 1. The van der Waals surface area contributed by atoms with Crippen LogP contribution in [0.15, 0.2) is 54.6 Å². The van der Waals surface area contributed by atoms with Crippen molar-refractivity contribution in [1.82, 2.24) is 20.4 Å². The number of hydrogen-bond acceptors (Lipinski definition) is 6. The summed E-state index contributed by atoms with van der Waals surface area (Å²) in [6.07, 6.45) is 0. The van der Waals surface area contributed by atoms with Gasteiger partial charge in [-0.3, -0.25) is 4.79 Å². The van der Waals surface area contributed by atoms with Crippen molar-refractivity contribution >= 4 is 5.91 Å². The Kier molecular flexibility index (Phi) is 6.13. The minimum atomic E-state index is -0.0995. The van der Waals surface area contributed by atoms with E-state index in [4.69, 9.17) is 9.47 Å². The fourth-order valence-corrected chi connectivity index (χ4v) is 3.74. The molecule has 2 heterocycles. The van der Waals surface area contributed by atoms with Crippen molar-refractivity contribution in [2.24, 2.45) is 0 Å². The summed E-state index contributed by atoms with van der Waals surface area (Å²) in [5, 5.41) is 12.1. The largest absolute Gasteiger partial charge is 0.497 e. The van der Waals surface area contributed by atoms with E-state index in [1.165, 1.54) is 0 Å². The highest BCUT2D eigenvalue weighted by Gasteiger charge is 2.26. The summed E-state index contributed by atoms with van der Waals surface area (Å²) in [6.45, 7) is 4.24. The fraction of sp³-hybridized carbons (Fsp3) is 0.292. The highest BCUT2D eigenvalue weighted by atomic mass is 16.5. The van der Waals surface area contributed by atoms with E-state index in [0.29, 0.717) is 17.9 Å². The molecule has 1 aliphatic heterocycles. The van der Waals surface area contributed by atoms with E-state index < -0.39 is 0 Å². The molecule has 1 atom stereocenters. The van der Waals surface area contributed by atoms with Gasteiger partial charge in [0.05, 0.1) is 14.2 Å². The summed E-state index contributed by atoms with van der Waals surface area (Å²) in [6, 6.07) is 17.3. The van der Waals surface area contributed by atoms with Gasteiger partial charge in [-0.1, -0.05) is 12.1 Å². The lowest BCUT2D eigenvalue weighted by atomic mass is 9.98. The van der Waals surface area contributed by atoms with Crippen LogP contribution >= 0.6 is 0 Å². The monoisotopic (exact) mass is 418 g/mol. The zero-order chi connectivity index (χ0) is 21.8. The minimum Gasteiger partial charge on any atom is -0.497 e. The van der Waals surface area contributed by atoms with Gasteiger partial charge in [-0.05, 0) is 55.0 Å². The molecule has 7 heteroatoms. The van der Waals surface area contributed by atoms with Crippen LogP contribution in [0.1, 0.15) is 17.4 Å². The number of amides is 1. The number of carbonyl (C=O) groups is 1. The number of nitrogens with zero attached hydrogens (tertiary/aromatic N) is 3. The average Bonchev–Trinajstić information content (AvgIpc) is 2.84. The van der Waals surface area contributed by atoms with Gasteiger partial charge >= 0.3 is 0 Å². The van der Waals surface area contributed by atoms with Crippen LogP contribution in [-0.2, 0) is 0 Å². The number of aromatic nitrogens is 2. The van der Waals surface area contributed by atoms with Crippen LogP contribution in [0.5, 0.6) is 11.5 Å². The normalized spacial score (nSPS) is 16.1. The van der Waals surface area contributed by atoms with E-state index in [1.807, 2.05) is 66.4 Å². The van der Waals surface area contributed by atoms with Gasteiger partial charge < -0.3 is 19.7 Å². The van der Waals surface area contributed by atoms with Gasteiger partial charge in [0.25, 0.3) is 5.91 Å². The lowest BCUT2D eigenvalue weighted by molar-refractivity contribution is 0.0648. The molecular weight excluding hydrogens is 392 g/mol. The second kappa shape index (κ2) is 9.14. The highest BCUT2D eigenvalue weighted by molar-refractivity contribution is 5.95. The lowest BCUT2D eigenvalue weighted by Gasteiger charge is -2.33. The Morgan fingerprint density at radius 1 is 0.968 bits per heavy atom. The van der Waals surface area contributed by atoms with E-state index >= 15 is 0 Å². The van der Waals surface area contributed by atoms with Gasteiger partial charge in [0.2, 0.25) is 0 Å². The average molecular weight is 418 g/mol. The molecule has 0 radical (unpaired) electrons. The first-order valence-electron chi connectivity index (χ1n) is 10.3. The molecule has 0 aliphatic carbocycles. The zero-order valence-electron chi connectivity index (χ0n) is 18.0. The molecule has 0 bridgehead atoms. The molecule has 1 unspecified atom stereocenters. The molecule has 160 valence electrons. The van der Waals surface area contributed by atoms with E-state index in [0.717, 1.165) is 41.3 Å². The number of rotatable bonds is 5. The van der Waals surface area contributed by atoms with Crippen LogP contribution in [0.25, 0.3) is 22.4 Å². The predicted molar refractivity (Wildman–Crippen MR) is 119 cm³/mol. The maximum absolute atomic E-state index is 13.2. The summed E-state index contributed by atoms with van der Waals surface area (Å²) in [4.78, 5) is 15.0. The lowest BCUT2D eigenvalue weighted by Crippen LogP contribution is -2.52. The SMILES string of the molecule is COc1ccc(-c2cc(C(=O)N3CCNCC3C)nnc2-c2ccc(OC)cc2)cc1. The van der Waals surface area contributed by atoms with Crippen LogP contribution < -0.4 is 14.8 Å². The molecule has 1 aromatic heterocycles. The van der Waals surface area contributed by atoms with E-state index in [1.54, 1.807) is 14.2 Å². The van der Waals surface area contributed by atoms with Gasteiger partial charge in [-0.2, -0.15) is 0 Å². The quantitative estimate of drug-likeness (QED) is 0.685. The van der Waals surface area contributed by atoms with Crippen LogP contribution in [0, 0.1) is 0 Å². The van der Waals surface area contributed by atoms with E-state index in [9.17, 15) is 4.79 Å². The number of piperazine rings is 1. The Labute approximate surface area is 182 Å². The van der Waals surface area contributed by atoms with Crippen molar-refractivity contribution in [3.8, 4) is 33.9 Å². The number of methoxy groups -OCH3 is 2. The molecule has 4 rings (SSSR count). The van der Waals surface area contributed by atoms with Crippen LogP contribution in [0.3, 0.4) is 0 Å². The summed E-state index contributed by atoms with van der Waals surface area (Å²) in [7, 11) is 3.27. The summed E-state index contributed by atoms with van der Waals surface area (Å²) in [5.74, 6) is 1.43. The maximum atomic E-state index is 13.2. The Morgan fingerprint density at radius 2 is 1.58 bits per heavy atom. The standard InChI is InChI=1S/C24H26N4O3/c1-16-15-25-12-13-28(16)24(29)22-14-21(17-4-8-19(30-2)9-5-17)23(27-26-22)18-6-10-20(31-3)11-7-18/h4-11,14,16,25H,12-13,15H2,1-3H3. The van der Waals surface area contributed by atoms with Gasteiger partial charge in [0, 0.05) is 36.8 Å². The Balaban J connectivity index is 1.78. The molecule has 7 nitrogen and oxygen atoms in total. The second-order valence-electron chi connectivity index (χ2n) is 7.50. The molecule has 1 amide bonds. The number of benzene rings is 2. The molecule has 1 saturated heterocycles. The first kappa shape index (κ1) is 20.8.